The number of aliphatic hydroxyl groups excluding tert-OH is 1. The molecule has 0 radical (unpaired) electrons. The van der Waals surface area contributed by atoms with Gasteiger partial charge in [-0.05, 0) is 68.7 Å². The van der Waals surface area contributed by atoms with Crippen LogP contribution in [0.5, 0.6) is 11.5 Å². The summed E-state index contributed by atoms with van der Waals surface area (Å²) in [4.78, 5) is 31.0. The first-order valence-corrected chi connectivity index (χ1v) is 11.5. The fraction of sp³-hybridized carbons (Fsp3) is 0.385. The molecule has 0 saturated heterocycles. The molecule has 5 rings (SSSR count). The number of carbonyl (C=O) groups excluding carboxylic acids is 2. The van der Waals surface area contributed by atoms with Gasteiger partial charge in [-0.2, -0.15) is 0 Å². The van der Waals surface area contributed by atoms with Gasteiger partial charge in [-0.15, -0.1) is 0 Å². The largest absolute Gasteiger partial charge is 0.454 e. The predicted molar refractivity (Wildman–Crippen MR) is 132 cm³/mol. The monoisotopic (exact) mass is 467 g/mol. The van der Waals surface area contributed by atoms with Gasteiger partial charge in [-0.1, -0.05) is 6.07 Å². The lowest BCUT2D eigenvalue weighted by atomic mass is 9.87. The van der Waals surface area contributed by atoms with Crippen LogP contribution < -0.4 is 14.8 Å². The van der Waals surface area contributed by atoms with Crippen molar-refractivity contribution in [2.75, 3.05) is 32.3 Å². The molecule has 34 heavy (non-hydrogen) atoms. The molecular formula is C26H33N3O5. The van der Waals surface area contributed by atoms with E-state index in [0.717, 1.165) is 35.0 Å². The number of carbonyl (C=O) groups is 2. The Morgan fingerprint density at radius 1 is 1.15 bits per heavy atom. The fourth-order valence-electron chi connectivity index (χ4n) is 4.61. The topological polar surface area (TPSA) is 104 Å². The maximum atomic E-state index is 13.3. The van der Waals surface area contributed by atoms with Crippen LogP contribution in [-0.4, -0.2) is 53.8 Å². The van der Waals surface area contributed by atoms with Crippen LogP contribution in [0.4, 0.5) is 5.69 Å². The molecule has 2 heterocycles. The van der Waals surface area contributed by atoms with Crippen LogP contribution in [0.25, 0.3) is 10.9 Å². The van der Waals surface area contributed by atoms with E-state index in [2.05, 4.69) is 10.3 Å². The lowest BCUT2D eigenvalue weighted by Gasteiger charge is -2.28. The Bertz CT molecular complexity index is 1290. The van der Waals surface area contributed by atoms with E-state index in [0.29, 0.717) is 17.2 Å². The van der Waals surface area contributed by atoms with Gasteiger partial charge in [-0.3, -0.25) is 9.59 Å². The Morgan fingerprint density at radius 3 is 2.65 bits per heavy atom. The van der Waals surface area contributed by atoms with Crippen LogP contribution in [0.2, 0.25) is 0 Å². The quantitative estimate of drug-likeness (QED) is 0.491. The standard InChI is InChI=1S/C26H29N3O5.2H2/c1-25(2,24(32)29(3)10-11-30)22-13-16-12-18(5-6-19(16)28-22)27-23(31)26(8-9-26)17-4-7-20-21(14-17)34-15-33-20;;/h4-7,12-14,28,30H,8-11,15H2,1-3H3,(H,27,31);2*1H. The van der Waals surface area contributed by atoms with Gasteiger partial charge in [0.05, 0.1) is 17.4 Å². The van der Waals surface area contributed by atoms with Gasteiger partial charge in [0.25, 0.3) is 0 Å². The van der Waals surface area contributed by atoms with Gasteiger partial charge in [0.1, 0.15) is 0 Å². The second-order valence-electron chi connectivity index (χ2n) is 9.66. The van der Waals surface area contributed by atoms with E-state index >= 15 is 0 Å². The average molecular weight is 468 g/mol. The van der Waals surface area contributed by atoms with Crippen molar-refractivity contribution >= 4 is 28.4 Å². The summed E-state index contributed by atoms with van der Waals surface area (Å²) < 4.78 is 10.9. The number of nitrogens with zero attached hydrogens (tertiary/aromatic N) is 1. The van der Waals surface area contributed by atoms with Crippen molar-refractivity contribution in [2.24, 2.45) is 0 Å². The van der Waals surface area contributed by atoms with Crippen molar-refractivity contribution in [1.29, 1.82) is 0 Å². The highest BCUT2D eigenvalue weighted by atomic mass is 16.7. The van der Waals surface area contributed by atoms with E-state index in [1.54, 1.807) is 7.05 Å². The Labute approximate surface area is 200 Å². The molecule has 0 spiro atoms. The summed E-state index contributed by atoms with van der Waals surface area (Å²) in [6, 6.07) is 13.3. The molecule has 182 valence electrons. The Kier molecular flexibility index (Phi) is 5.28. The van der Waals surface area contributed by atoms with E-state index in [9.17, 15) is 9.59 Å². The molecule has 3 N–H and O–H groups in total. The molecule has 1 aromatic heterocycles. The number of nitrogens with one attached hydrogen (secondary N) is 2. The van der Waals surface area contributed by atoms with Crippen LogP contribution in [0.1, 0.15) is 40.8 Å². The van der Waals surface area contributed by atoms with Crippen molar-refractivity contribution < 1.29 is 27.0 Å². The van der Waals surface area contributed by atoms with Gasteiger partial charge in [0, 0.05) is 38.7 Å². The van der Waals surface area contributed by atoms with E-state index in [1.165, 1.54) is 4.90 Å². The molecule has 3 aromatic rings. The summed E-state index contributed by atoms with van der Waals surface area (Å²) in [6.45, 7) is 4.13. The predicted octanol–water partition coefficient (Wildman–Crippen LogP) is 3.79. The zero-order valence-corrected chi connectivity index (χ0v) is 19.6. The highest BCUT2D eigenvalue weighted by molar-refractivity contribution is 6.02. The highest BCUT2D eigenvalue weighted by Crippen LogP contribution is 2.51. The molecule has 8 heteroatoms. The maximum absolute atomic E-state index is 13.3. The molecule has 0 bridgehead atoms. The normalized spacial score (nSPS) is 15.9. The summed E-state index contributed by atoms with van der Waals surface area (Å²) in [6.07, 6.45) is 1.57. The average Bonchev–Trinajstić information content (AvgIpc) is 3.30. The Hall–Kier alpha value is -3.52. The zero-order chi connectivity index (χ0) is 24.1. The van der Waals surface area contributed by atoms with Crippen LogP contribution >= 0.6 is 0 Å². The highest BCUT2D eigenvalue weighted by Gasteiger charge is 2.51. The van der Waals surface area contributed by atoms with Gasteiger partial charge >= 0.3 is 0 Å². The molecule has 0 unspecified atom stereocenters. The van der Waals surface area contributed by atoms with Crippen molar-refractivity contribution in [3.05, 3.63) is 53.7 Å². The maximum Gasteiger partial charge on any atom is 0.235 e. The second kappa shape index (κ2) is 8.06. The minimum absolute atomic E-state index is 0. The van der Waals surface area contributed by atoms with Crippen LogP contribution in [0.15, 0.2) is 42.5 Å². The third-order valence-corrected chi connectivity index (χ3v) is 6.98. The summed E-state index contributed by atoms with van der Waals surface area (Å²) in [5.41, 5.74) is 1.97. The minimum atomic E-state index is -0.788. The SMILES string of the molecule is CN(CCO)C(=O)C(C)(C)c1cc2cc(NC(=O)C3(c4ccc5c(c4)OCO5)CC3)ccc2[nH]1.[HH].[HH]. The number of anilines is 1. The van der Waals surface area contributed by atoms with Crippen LogP contribution in [0, 0.1) is 0 Å². The third kappa shape index (κ3) is 3.68. The first-order chi connectivity index (χ1) is 16.2. The molecule has 2 amide bonds. The lowest BCUT2D eigenvalue weighted by Crippen LogP contribution is -2.42. The van der Waals surface area contributed by atoms with E-state index < -0.39 is 10.8 Å². The molecule has 1 aliphatic carbocycles. The van der Waals surface area contributed by atoms with Crippen molar-refractivity contribution in [2.45, 2.75) is 37.5 Å². The summed E-state index contributed by atoms with van der Waals surface area (Å²) in [5.74, 6) is 1.26. The van der Waals surface area contributed by atoms with Crippen molar-refractivity contribution in [3.8, 4) is 11.5 Å². The number of rotatable bonds is 7. The van der Waals surface area contributed by atoms with Crippen molar-refractivity contribution in [3.63, 3.8) is 0 Å². The van der Waals surface area contributed by atoms with Gasteiger partial charge < -0.3 is 29.8 Å². The number of ether oxygens (including phenoxy) is 2. The van der Waals surface area contributed by atoms with E-state index in [1.807, 2.05) is 56.3 Å². The smallest absolute Gasteiger partial charge is 0.235 e. The molecule has 1 aliphatic heterocycles. The fourth-order valence-corrected chi connectivity index (χ4v) is 4.61. The number of benzene rings is 2. The third-order valence-electron chi connectivity index (χ3n) is 6.98. The summed E-state index contributed by atoms with van der Waals surface area (Å²) >= 11 is 0. The summed E-state index contributed by atoms with van der Waals surface area (Å²) in [5, 5.41) is 13.2. The molecule has 2 aromatic carbocycles. The van der Waals surface area contributed by atoms with Crippen LogP contribution in [-0.2, 0) is 20.4 Å². The number of amides is 2. The van der Waals surface area contributed by atoms with E-state index in [-0.39, 0.29) is 34.6 Å². The Morgan fingerprint density at radius 2 is 1.91 bits per heavy atom. The number of likely N-dealkylation sites (N-methyl/N-ethyl adjacent to an activating group) is 1. The summed E-state index contributed by atoms with van der Waals surface area (Å²) in [7, 11) is 1.68. The molecule has 0 atom stereocenters. The molecular weight excluding hydrogens is 434 g/mol. The van der Waals surface area contributed by atoms with Gasteiger partial charge in [0.2, 0.25) is 18.6 Å². The first-order valence-electron chi connectivity index (χ1n) is 11.5. The number of hydrogen-bond acceptors (Lipinski definition) is 5. The lowest BCUT2D eigenvalue weighted by molar-refractivity contribution is -0.135. The number of aromatic nitrogens is 1. The minimum Gasteiger partial charge on any atom is -0.454 e. The van der Waals surface area contributed by atoms with Gasteiger partial charge in [-0.25, -0.2) is 0 Å². The van der Waals surface area contributed by atoms with Gasteiger partial charge in [0.15, 0.2) is 11.5 Å². The number of hydrogen-bond donors (Lipinski definition) is 3. The van der Waals surface area contributed by atoms with Crippen molar-refractivity contribution in [1.82, 2.24) is 9.88 Å². The van der Waals surface area contributed by atoms with E-state index in [4.69, 9.17) is 14.6 Å². The second-order valence-corrected chi connectivity index (χ2v) is 9.66. The number of aromatic amines is 1. The molecule has 2 aliphatic rings. The Balaban J connectivity index is 0.00000180. The first kappa shape index (κ1) is 22.3. The number of H-pyrrole nitrogens is 1. The zero-order valence-electron chi connectivity index (χ0n) is 19.6. The van der Waals surface area contributed by atoms with Crippen LogP contribution in [0.3, 0.4) is 0 Å². The number of fused-ring (bicyclic) bond motifs is 2. The molecule has 8 nitrogen and oxygen atoms in total. The number of aliphatic hydroxyl groups is 1. The molecule has 1 fully saturated rings. The molecule has 1 saturated carbocycles.